The maximum Gasteiger partial charge on any atom is 0.252 e. The van der Waals surface area contributed by atoms with Crippen LogP contribution in [0, 0.1) is 6.92 Å². The van der Waals surface area contributed by atoms with Crippen LogP contribution < -0.4 is 5.32 Å². The van der Waals surface area contributed by atoms with Crippen molar-refractivity contribution in [1.82, 2.24) is 14.5 Å². The van der Waals surface area contributed by atoms with Crippen molar-refractivity contribution in [2.24, 2.45) is 0 Å². The van der Waals surface area contributed by atoms with Gasteiger partial charge >= 0.3 is 0 Å². The molecule has 0 bridgehead atoms. The lowest BCUT2D eigenvalue weighted by Crippen LogP contribution is -2.47. The summed E-state index contributed by atoms with van der Waals surface area (Å²) in [7, 11) is -1.60. The number of piperazine rings is 1. The molecule has 1 fully saturated rings. The molecule has 0 radical (unpaired) electrons. The van der Waals surface area contributed by atoms with Crippen molar-refractivity contribution in [3.8, 4) is 0 Å². The second kappa shape index (κ2) is 7.43. The number of hydrogen-bond donors (Lipinski definition) is 1. The summed E-state index contributed by atoms with van der Waals surface area (Å²) < 4.78 is 27.3. The molecule has 0 atom stereocenters. The van der Waals surface area contributed by atoms with Crippen LogP contribution in [0.5, 0.6) is 0 Å². The molecule has 0 aromatic heterocycles. The SMILES string of the molecule is CCC(C)(C)NC(=O)c1cc(S(=O)(=O)N2CCN(C)CC2)ccc1C. The van der Waals surface area contributed by atoms with Gasteiger partial charge in [0.1, 0.15) is 0 Å². The van der Waals surface area contributed by atoms with Gasteiger partial charge in [-0.1, -0.05) is 13.0 Å². The second-order valence-corrected chi connectivity index (χ2v) is 9.31. The Morgan fingerprint density at radius 2 is 1.80 bits per heavy atom. The average Bonchev–Trinajstić information content (AvgIpc) is 2.55. The van der Waals surface area contributed by atoms with E-state index in [9.17, 15) is 13.2 Å². The van der Waals surface area contributed by atoms with Gasteiger partial charge in [0.05, 0.1) is 4.90 Å². The molecule has 1 heterocycles. The maximum absolute atomic E-state index is 12.9. The number of nitrogens with one attached hydrogen (secondary N) is 1. The second-order valence-electron chi connectivity index (χ2n) is 7.38. The molecule has 7 heteroatoms. The Hall–Kier alpha value is -1.44. The van der Waals surface area contributed by atoms with Crippen LogP contribution in [0.4, 0.5) is 0 Å². The summed E-state index contributed by atoms with van der Waals surface area (Å²) >= 11 is 0. The van der Waals surface area contributed by atoms with Gasteiger partial charge in [0.25, 0.3) is 5.91 Å². The van der Waals surface area contributed by atoms with Gasteiger partial charge in [0.15, 0.2) is 0 Å². The molecule has 2 rings (SSSR count). The Morgan fingerprint density at radius 3 is 2.36 bits per heavy atom. The van der Waals surface area contributed by atoms with Crippen molar-refractivity contribution in [2.75, 3.05) is 33.2 Å². The van der Waals surface area contributed by atoms with Gasteiger partial charge in [-0.25, -0.2) is 8.42 Å². The molecule has 25 heavy (non-hydrogen) atoms. The number of nitrogens with zero attached hydrogens (tertiary/aromatic N) is 2. The van der Waals surface area contributed by atoms with Crippen LogP contribution in [-0.4, -0.2) is 62.3 Å². The first kappa shape index (κ1) is 19.9. The number of benzene rings is 1. The van der Waals surface area contributed by atoms with Crippen LogP contribution >= 0.6 is 0 Å². The topological polar surface area (TPSA) is 69.7 Å². The van der Waals surface area contributed by atoms with Gasteiger partial charge in [-0.2, -0.15) is 4.31 Å². The van der Waals surface area contributed by atoms with E-state index >= 15 is 0 Å². The van der Waals surface area contributed by atoms with E-state index in [2.05, 4.69) is 10.2 Å². The molecule has 1 N–H and O–H groups in total. The summed E-state index contributed by atoms with van der Waals surface area (Å²) in [5.41, 5.74) is 0.842. The number of carbonyl (C=O) groups excluding carboxylic acids is 1. The average molecular weight is 368 g/mol. The number of amides is 1. The molecule has 1 aliphatic rings. The van der Waals surface area contributed by atoms with Crippen molar-refractivity contribution in [1.29, 1.82) is 0 Å². The smallest absolute Gasteiger partial charge is 0.252 e. The van der Waals surface area contributed by atoms with Gasteiger partial charge in [0.2, 0.25) is 10.0 Å². The first-order chi connectivity index (χ1) is 11.6. The van der Waals surface area contributed by atoms with E-state index in [0.29, 0.717) is 31.7 Å². The lowest BCUT2D eigenvalue weighted by Gasteiger charge is -2.31. The standard InChI is InChI=1S/C18H29N3O3S/c1-6-18(3,4)19-17(22)16-13-15(8-7-14(16)2)25(23,24)21-11-9-20(5)10-12-21/h7-8,13H,6,9-12H2,1-5H3,(H,19,22). The third-order valence-corrected chi connectivity index (χ3v) is 6.78. The zero-order valence-electron chi connectivity index (χ0n) is 15.8. The monoisotopic (exact) mass is 367 g/mol. The van der Waals surface area contributed by atoms with Crippen LogP contribution in [-0.2, 0) is 10.0 Å². The van der Waals surface area contributed by atoms with Crippen LogP contribution in [0.15, 0.2) is 23.1 Å². The highest BCUT2D eigenvalue weighted by Crippen LogP contribution is 2.21. The van der Waals surface area contributed by atoms with Gasteiger partial charge in [-0.05, 0) is 51.9 Å². The molecule has 1 amide bonds. The van der Waals surface area contributed by atoms with E-state index in [-0.39, 0.29) is 16.3 Å². The highest BCUT2D eigenvalue weighted by atomic mass is 32.2. The Kier molecular flexibility index (Phi) is 5.91. The zero-order valence-corrected chi connectivity index (χ0v) is 16.6. The summed E-state index contributed by atoms with van der Waals surface area (Å²) in [4.78, 5) is 14.9. The van der Waals surface area contributed by atoms with Crippen molar-refractivity contribution < 1.29 is 13.2 Å². The number of sulfonamides is 1. The van der Waals surface area contributed by atoms with Gasteiger partial charge in [0, 0.05) is 37.3 Å². The van der Waals surface area contributed by atoms with E-state index in [1.165, 1.54) is 10.4 Å². The molecule has 0 saturated carbocycles. The molecule has 1 aliphatic heterocycles. The lowest BCUT2D eigenvalue weighted by molar-refractivity contribution is 0.0910. The van der Waals surface area contributed by atoms with E-state index in [4.69, 9.17) is 0 Å². The summed E-state index contributed by atoms with van der Waals surface area (Å²) in [5.74, 6) is -0.236. The third kappa shape index (κ3) is 4.59. The normalized spacial score (nSPS) is 17.5. The highest BCUT2D eigenvalue weighted by Gasteiger charge is 2.29. The Morgan fingerprint density at radius 1 is 1.20 bits per heavy atom. The Balaban J connectivity index is 2.30. The van der Waals surface area contributed by atoms with Crippen molar-refractivity contribution >= 4 is 15.9 Å². The minimum atomic E-state index is -3.58. The van der Waals surface area contributed by atoms with E-state index in [0.717, 1.165) is 12.0 Å². The van der Waals surface area contributed by atoms with E-state index in [1.54, 1.807) is 12.1 Å². The molecular formula is C18H29N3O3S. The quantitative estimate of drug-likeness (QED) is 0.862. The van der Waals surface area contributed by atoms with Crippen molar-refractivity contribution in [3.05, 3.63) is 29.3 Å². The summed E-state index contributed by atoms with van der Waals surface area (Å²) in [5, 5.41) is 2.97. The summed E-state index contributed by atoms with van der Waals surface area (Å²) in [6.07, 6.45) is 0.789. The summed E-state index contributed by atoms with van der Waals surface area (Å²) in [6.45, 7) is 10.1. The van der Waals surface area contributed by atoms with Gasteiger partial charge < -0.3 is 10.2 Å². The number of rotatable bonds is 5. The number of carbonyl (C=O) groups is 1. The van der Waals surface area contributed by atoms with E-state index in [1.807, 2.05) is 34.7 Å². The number of aryl methyl sites for hydroxylation is 1. The molecule has 1 aromatic rings. The van der Waals surface area contributed by atoms with E-state index < -0.39 is 10.0 Å². The first-order valence-corrected chi connectivity index (χ1v) is 10.1. The first-order valence-electron chi connectivity index (χ1n) is 8.68. The fourth-order valence-electron chi connectivity index (χ4n) is 2.65. The van der Waals surface area contributed by atoms with Gasteiger partial charge in [-0.3, -0.25) is 4.79 Å². The lowest BCUT2D eigenvalue weighted by atomic mass is 10.0. The Labute approximate surface area is 151 Å². The largest absolute Gasteiger partial charge is 0.347 e. The molecule has 0 aliphatic carbocycles. The van der Waals surface area contributed by atoms with Crippen LogP contribution in [0.25, 0.3) is 0 Å². The highest BCUT2D eigenvalue weighted by molar-refractivity contribution is 7.89. The van der Waals surface area contributed by atoms with Gasteiger partial charge in [-0.15, -0.1) is 0 Å². The molecule has 140 valence electrons. The summed E-state index contributed by atoms with van der Waals surface area (Å²) in [6, 6.07) is 4.80. The van der Waals surface area contributed by atoms with Crippen molar-refractivity contribution in [2.45, 2.75) is 44.6 Å². The molecular weight excluding hydrogens is 338 g/mol. The molecule has 0 spiro atoms. The number of hydrogen-bond acceptors (Lipinski definition) is 4. The third-order valence-electron chi connectivity index (χ3n) is 4.89. The zero-order chi connectivity index (χ0) is 18.8. The number of likely N-dealkylation sites (N-methyl/N-ethyl adjacent to an activating group) is 1. The molecule has 1 aromatic carbocycles. The van der Waals surface area contributed by atoms with Crippen molar-refractivity contribution in [3.63, 3.8) is 0 Å². The maximum atomic E-state index is 12.9. The minimum Gasteiger partial charge on any atom is -0.347 e. The fraction of sp³-hybridized carbons (Fsp3) is 0.611. The minimum absolute atomic E-state index is 0.183. The predicted octanol–water partition coefficient (Wildman–Crippen LogP) is 1.85. The van der Waals surface area contributed by atoms with Crippen LogP contribution in [0.2, 0.25) is 0 Å². The molecule has 1 saturated heterocycles. The van der Waals surface area contributed by atoms with Crippen LogP contribution in [0.1, 0.15) is 43.1 Å². The Bertz CT molecular complexity index is 736. The predicted molar refractivity (Wildman–Crippen MR) is 99.3 cm³/mol. The fourth-order valence-corrected chi connectivity index (χ4v) is 4.10. The van der Waals surface area contributed by atoms with Crippen LogP contribution in [0.3, 0.4) is 0 Å². The molecule has 6 nitrogen and oxygen atoms in total. The molecule has 0 unspecified atom stereocenters.